The lowest BCUT2D eigenvalue weighted by Gasteiger charge is -2.35. The Bertz CT molecular complexity index is 1130. The lowest BCUT2D eigenvalue weighted by molar-refractivity contribution is 0.0649. The van der Waals surface area contributed by atoms with Gasteiger partial charge in [0, 0.05) is 5.41 Å². The van der Waals surface area contributed by atoms with Gasteiger partial charge in [0.05, 0.1) is 11.7 Å². The van der Waals surface area contributed by atoms with Gasteiger partial charge >= 0.3 is 5.97 Å². The van der Waals surface area contributed by atoms with Crippen molar-refractivity contribution in [3.05, 3.63) is 112 Å². The van der Waals surface area contributed by atoms with Gasteiger partial charge in [-0.15, -0.1) is 0 Å². The molecule has 0 unspecified atom stereocenters. The number of carbonyl (C=O) groups is 1. The van der Waals surface area contributed by atoms with Gasteiger partial charge in [-0.1, -0.05) is 72.3 Å². The molecule has 3 aromatic rings. The summed E-state index contributed by atoms with van der Waals surface area (Å²) in [6, 6.07) is 23.6. The summed E-state index contributed by atoms with van der Waals surface area (Å²) in [6.07, 6.45) is 3.95. The summed E-state index contributed by atoms with van der Waals surface area (Å²) < 4.78 is 0. The molecule has 0 aromatic heterocycles. The van der Waals surface area contributed by atoms with Crippen LogP contribution in [0.3, 0.4) is 0 Å². The van der Waals surface area contributed by atoms with Gasteiger partial charge in [-0.2, -0.15) is 0 Å². The molecule has 0 fully saturated rings. The topological polar surface area (TPSA) is 57.5 Å². The number of aliphatic hydroxyl groups is 1. The molecule has 0 saturated carbocycles. The lowest BCUT2D eigenvalue weighted by atomic mass is 9.70. The van der Waals surface area contributed by atoms with E-state index in [1.54, 1.807) is 12.1 Å². The molecule has 2 atom stereocenters. The first kappa shape index (κ1) is 17.9. The van der Waals surface area contributed by atoms with Gasteiger partial charge in [-0.25, -0.2) is 4.79 Å². The van der Waals surface area contributed by atoms with Crippen LogP contribution in [0.5, 0.6) is 0 Å². The lowest BCUT2D eigenvalue weighted by Crippen LogP contribution is -2.31. The first-order chi connectivity index (χ1) is 14.1. The summed E-state index contributed by atoms with van der Waals surface area (Å²) in [7, 11) is 0. The second kappa shape index (κ2) is 6.71. The molecule has 0 spiro atoms. The van der Waals surface area contributed by atoms with Gasteiger partial charge in [0.2, 0.25) is 0 Å². The summed E-state index contributed by atoms with van der Waals surface area (Å²) in [5, 5.41) is 20.7. The smallest absolute Gasteiger partial charge is 0.335 e. The normalized spacial score (nSPS) is 22.1. The number of aliphatic hydroxyl groups excluding tert-OH is 1. The van der Waals surface area contributed by atoms with Gasteiger partial charge < -0.3 is 10.2 Å². The van der Waals surface area contributed by atoms with Gasteiger partial charge in [0.1, 0.15) is 0 Å². The molecular formula is C26H22O3. The van der Waals surface area contributed by atoms with Crippen molar-refractivity contribution >= 4 is 12.0 Å². The highest BCUT2D eigenvalue weighted by Crippen LogP contribution is 2.54. The maximum Gasteiger partial charge on any atom is 0.335 e. The summed E-state index contributed by atoms with van der Waals surface area (Å²) in [5.74, 6) is -0.923. The van der Waals surface area contributed by atoms with E-state index in [1.807, 2.05) is 30.3 Å². The Morgan fingerprint density at radius 2 is 1.62 bits per heavy atom. The Labute approximate surface area is 170 Å². The van der Waals surface area contributed by atoms with E-state index in [9.17, 15) is 15.0 Å². The Kier molecular flexibility index (Phi) is 4.14. The van der Waals surface area contributed by atoms with Crippen LogP contribution in [0.4, 0.5) is 0 Å². The molecule has 5 rings (SSSR count). The fraction of sp³-hybridized carbons (Fsp3) is 0.192. The largest absolute Gasteiger partial charge is 0.478 e. The summed E-state index contributed by atoms with van der Waals surface area (Å²) in [4.78, 5) is 11.2. The molecule has 0 saturated heterocycles. The molecule has 3 aromatic carbocycles. The molecule has 3 heteroatoms. The Balaban J connectivity index is 1.57. The number of rotatable bonds is 4. The third-order valence-corrected chi connectivity index (χ3v) is 6.50. The fourth-order valence-electron chi connectivity index (χ4n) is 4.99. The number of hydrogen-bond donors (Lipinski definition) is 2. The summed E-state index contributed by atoms with van der Waals surface area (Å²) in [5.41, 5.74) is 6.88. The van der Waals surface area contributed by atoms with Crippen molar-refractivity contribution in [2.75, 3.05) is 0 Å². The second-order valence-corrected chi connectivity index (χ2v) is 8.16. The van der Waals surface area contributed by atoms with Crippen LogP contribution in [-0.2, 0) is 19.3 Å². The first-order valence-electron chi connectivity index (χ1n) is 9.94. The van der Waals surface area contributed by atoms with Crippen LogP contribution in [0.1, 0.15) is 44.3 Å². The molecule has 0 bridgehead atoms. The van der Waals surface area contributed by atoms with Crippen molar-refractivity contribution in [3.8, 4) is 0 Å². The van der Waals surface area contributed by atoms with Crippen molar-refractivity contribution < 1.29 is 15.0 Å². The number of fused-ring (bicyclic) bond motifs is 2. The Hall–Kier alpha value is -3.17. The molecular weight excluding hydrogens is 360 g/mol. The molecule has 29 heavy (non-hydrogen) atoms. The summed E-state index contributed by atoms with van der Waals surface area (Å²) >= 11 is 0. The van der Waals surface area contributed by atoms with E-state index in [0.717, 1.165) is 24.0 Å². The van der Waals surface area contributed by atoms with Gasteiger partial charge in [0.25, 0.3) is 0 Å². The van der Waals surface area contributed by atoms with E-state index < -0.39 is 17.5 Å². The molecule has 0 aliphatic heterocycles. The molecule has 3 nitrogen and oxygen atoms in total. The van der Waals surface area contributed by atoms with Gasteiger partial charge in [-0.3, -0.25) is 0 Å². The average Bonchev–Trinajstić information content (AvgIpc) is 3.29. The quantitative estimate of drug-likeness (QED) is 0.679. The van der Waals surface area contributed by atoms with Crippen LogP contribution >= 0.6 is 0 Å². The average molecular weight is 382 g/mol. The van der Waals surface area contributed by atoms with Crippen molar-refractivity contribution in [3.63, 3.8) is 0 Å². The van der Waals surface area contributed by atoms with E-state index in [-0.39, 0.29) is 5.56 Å². The maximum absolute atomic E-state index is 11.5. The molecule has 144 valence electrons. The van der Waals surface area contributed by atoms with Crippen LogP contribution in [-0.4, -0.2) is 16.2 Å². The zero-order valence-electron chi connectivity index (χ0n) is 16.0. The predicted octanol–water partition coefficient (Wildman–Crippen LogP) is 4.84. The first-order valence-corrected chi connectivity index (χ1v) is 9.94. The van der Waals surface area contributed by atoms with Crippen LogP contribution in [0.25, 0.3) is 6.08 Å². The predicted molar refractivity (Wildman–Crippen MR) is 113 cm³/mol. The molecule has 2 aliphatic rings. The van der Waals surface area contributed by atoms with Crippen molar-refractivity contribution in [1.29, 1.82) is 0 Å². The molecule has 0 radical (unpaired) electrons. The molecule has 0 heterocycles. The van der Waals surface area contributed by atoms with Crippen molar-refractivity contribution in [2.45, 2.75) is 25.4 Å². The zero-order chi connectivity index (χ0) is 20.0. The third-order valence-electron chi connectivity index (χ3n) is 6.50. The van der Waals surface area contributed by atoms with Gasteiger partial charge in [-0.05, 0) is 59.2 Å². The minimum atomic E-state index is -0.923. The highest BCUT2D eigenvalue weighted by atomic mass is 16.4. The maximum atomic E-state index is 11.5. The van der Waals surface area contributed by atoms with E-state index in [4.69, 9.17) is 0 Å². The number of aromatic carboxylic acids is 1. The minimum absolute atomic E-state index is 0.283. The SMILES string of the molecule is O=C(O)c1ccc(C[C@]2(C3=Cc4ccccc4C3)Cc3ccccc3[C@H]2O)cc1. The van der Waals surface area contributed by atoms with Crippen LogP contribution in [0.2, 0.25) is 0 Å². The molecule has 2 N–H and O–H groups in total. The van der Waals surface area contributed by atoms with Crippen LogP contribution < -0.4 is 0 Å². The van der Waals surface area contributed by atoms with Crippen LogP contribution in [0.15, 0.2) is 78.4 Å². The van der Waals surface area contributed by atoms with E-state index in [0.29, 0.717) is 6.42 Å². The van der Waals surface area contributed by atoms with E-state index >= 15 is 0 Å². The molecule has 0 amide bonds. The molecule has 2 aliphatic carbocycles. The fourth-order valence-corrected chi connectivity index (χ4v) is 4.99. The highest BCUT2D eigenvalue weighted by molar-refractivity contribution is 5.87. The third kappa shape index (κ3) is 2.90. The number of carboxylic acids is 1. The Morgan fingerprint density at radius 1 is 0.931 bits per heavy atom. The summed E-state index contributed by atoms with van der Waals surface area (Å²) in [6.45, 7) is 0. The minimum Gasteiger partial charge on any atom is -0.478 e. The van der Waals surface area contributed by atoms with Crippen LogP contribution in [0, 0.1) is 5.41 Å². The monoisotopic (exact) mass is 382 g/mol. The van der Waals surface area contributed by atoms with Crippen molar-refractivity contribution in [2.24, 2.45) is 5.41 Å². The number of benzene rings is 3. The van der Waals surface area contributed by atoms with E-state index in [1.165, 1.54) is 22.3 Å². The zero-order valence-corrected chi connectivity index (χ0v) is 16.0. The highest BCUT2D eigenvalue weighted by Gasteiger charge is 2.48. The number of carboxylic acid groups (broad SMARTS) is 1. The second-order valence-electron chi connectivity index (χ2n) is 8.16. The van der Waals surface area contributed by atoms with Crippen molar-refractivity contribution in [1.82, 2.24) is 0 Å². The van der Waals surface area contributed by atoms with Gasteiger partial charge in [0.15, 0.2) is 0 Å². The standard InChI is InChI=1S/C26H22O3/c27-24-23-8-4-3-7-21(23)16-26(24,15-17-9-11-18(12-10-17)25(28)29)22-13-19-5-1-2-6-20(19)14-22/h1-13,24,27H,14-16H2,(H,28,29)/t24-,26-/m1/s1. The number of hydrogen-bond acceptors (Lipinski definition) is 2. The van der Waals surface area contributed by atoms with E-state index in [2.05, 4.69) is 36.4 Å². The Morgan fingerprint density at radius 3 is 2.31 bits per heavy atom.